The minimum absolute atomic E-state index is 0.138. The molecule has 6 heteroatoms. The van der Waals surface area contributed by atoms with E-state index in [0.29, 0.717) is 13.0 Å². The fourth-order valence-corrected chi connectivity index (χ4v) is 3.18. The summed E-state index contributed by atoms with van der Waals surface area (Å²) < 4.78 is 5.23. The molecule has 1 aromatic carbocycles. The minimum Gasteiger partial charge on any atom is -0.497 e. The van der Waals surface area contributed by atoms with Gasteiger partial charge in [0.05, 0.1) is 13.5 Å². The lowest BCUT2D eigenvalue weighted by Gasteiger charge is -2.33. The molecule has 1 atom stereocenters. The number of carbonyl (C=O) groups is 2. The van der Waals surface area contributed by atoms with E-state index in [9.17, 15) is 14.7 Å². The Morgan fingerprint density at radius 2 is 2.22 bits per heavy atom. The number of likely N-dealkylation sites (tertiary alicyclic amines) is 1. The Balaban J connectivity index is 1.83. The first-order valence-corrected chi connectivity index (χ1v) is 7.76. The number of methoxy groups -OCH3 is 1. The summed E-state index contributed by atoms with van der Waals surface area (Å²) in [4.78, 5) is 28.6. The molecule has 1 aliphatic rings. The second kappa shape index (κ2) is 6.32. The highest BCUT2D eigenvalue weighted by Crippen LogP contribution is 2.25. The van der Waals surface area contributed by atoms with Crippen LogP contribution in [0.2, 0.25) is 0 Å². The summed E-state index contributed by atoms with van der Waals surface area (Å²) in [5.74, 6) is -0.327. The summed E-state index contributed by atoms with van der Waals surface area (Å²) in [5.41, 5.74) is 1.79. The third-order valence-corrected chi connectivity index (χ3v) is 4.42. The molecule has 122 valence electrons. The van der Waals surface area contributed by atoms with Crippen molar-refractivity contribution in [2.24, 2.45) is 0 Å². The SMILES string of the molecule is COc1ccc2[nH]cc(CC(=O)N3CCCC[C@@H]3C(=O)O)c2c1. The molecule has 2 aromatic rings. The summed E-state index contributed by atoms with van der Waals surface area (Å²) in [6, 6.07) is 4.95. The maximum atomic E-state index is 12.6. The number of carbonyl (C=O) groups excluding carboxylic acids is 1. The van der Waals surface area contributed by atoms with Crippen molar-refractivity contribution in [2.45, 2.75) is 31.7 Å². The van der Waals surface area contributed by atoms with Crippen LogP contribution in [0.1, 0.15) is 24.8 Å². The normalized spacial score (nSPS) is 18.1. The van der Waals surface area contributed by atoms with E-state index in [1.54, 1.807) is 7.11 Å². The first-order chi connectivity index (χ1) is 11.1. The number of nitrogens with one attached hydrogen (secondary N) is 1. The van der Waals surface area contributed by atoms with Gasteiger partial charge in [-0.3, -0.25) is 4.79 Å². The monoisotopic (exact) mass is 316 g/mol. The predicted octanol–water partition coefficient (Wildman–Crippen LogP) is 2.18. The Labute approximate surface area is 134 Å². The Kier molecular flexibility index (Phi) is 4.23. The zero-order valence-corrected chi connectivity index (χ0v) is 13.0. The quantitative estimate of drug-likeness (QED) is 0.906. The van der Waals surface area contributed by atoms with Crippen LogP contribution in [0, 0.1) is 0 Å². The number of H-pyrrole nitrogens is 1. The van der Waals surface area contributed by atoms with Crippen molar-refractivity contribution in [3.63, 3.8) is 0 Å². The summed E-state index contributed by atoms with van der Waals surface area (Å²) >= 11 is 0. The van der Waals surface area contributed by atoms with Crippen molar-refractivity contribution in [2.75, 3.05) is 13.7 Å². The number of piperidine rings is 1. The Morgan fingerprint density at radius 3 is 2.96 bits per heavy atom. The smallest absolute Gasteiger partial charge is 0.326 e. The van der Waals surface area contributed by atoms with Crippen LogP contribution in [0.3, 0.4) is 0 Å². The van der Waals surface area contributed by atoms with E-state index in [-0.39, 0.29) is 12.3 Å². The lowest BCUT2D eigenvalue weighted by Crippen LogP contribution is -2.48. The molecule has 0 saturated carbocycles. The zero-order valence-electron chi connectivity index (χ0n) is 13.0. The zero-order chi connectivity index (χ0) is 16.4. The van der Waals surface area contributed by atoms with Gasteiger partial charge >= 0.3 is 5.97 Å². The molecule has 0 bridgehead atoms. The van der Waals surface area contributed by atoms with Gasteiger partial charge < -0.3 is 19.7 Å². The number of nitrogens with zero attached hydrogens (tertiary/aromatic N) is 1. The molecule has 1 aromatic heterocycles. The molecule has 3 rings (SSSR count). The number of benzene rings is 1. The van der Waals surface area contributed by atoms with Crippen LogP contribution >= 0.6 is 0 Å². The second-order valence-corrected chi connectivity index (χ2v) is 5.84. The van der Waals surface area contributed by atoms with Crippen molar-refractivity contribution in [1.29, 1.82) is 0 Å². The largest absolute Gasteiger partial charge is 0.497 e. The van der Waals surface area contributed by atoms with Crippen LogP contribution in [0.25, 0.3) is 10.9 Å². The third-order valence-electron chi connectivity index (χ3n) is 4.42. The number of hydrogen-bond donors (Lipinski definition) is 2. The second-order valence-electron chi connectivity index (χ2n) is 5.84. The van der Waals surface area contributed by atoms with E-state index in [1.807, 2.05) is 24.4 Å². The molecule has 2 heterocycles. The molecule has 1 saturated heterocycles. The molecule has 2 N–H and O–H groups in total. The van der Waals surface area contributed by atoms with Gasteiger partial charge in [-0.25, -0.2) is 4.79 Å². The van der Waals surface area contributed by atoms with Gasteiger partial charge in [-0.15, -0.1) is 0 Å². The summed E-state index contributed by atoms with van der Waals surface area (Å²) in [7, 11) is 1.60. The van der Waals surface area contributed by atoms with Crippen LogP contribution < -0.4 is 4.74 Å². The average Bonchev–Trinajstić information content (AvgIpc) is 2.96. The van der Waals surface area contributed by atoms with Gasteiger partial charge in [0.25, 0.3) is 0 Å². The summed E-state index contributed by atoms with van der Waals surface area (Å²) in [5, 5.41) is 10.2. The van der Waals surface area contributed by atoms with Crippen LogP contribution in [0.4, 0.5) is 0 Å². The molecule has 0 unspecified atom stereocenters. The maximum absolute atomic E-state index is 12.6. The van der Waals surface area contributed by atoms with Gasteiger partial charge in [0, 0.05) is 23.6 Å². The lowest BCUT2D eigenvalue weighted by molar-refractivity contribution is -0.151. The first-order valence-electron chi connectivity index (χ1n) is 7.76. The van der Waals surface area contributed by atoms with E-state index in [0.717, 1.165) is 35.1 Å². The van der Waals surface area contributed by atoms with Gasteiger partial charge in [0.1, 0.15) is 11.8 Å². The number of amides is 1. The Morgan fingerprint density at radius 1 is 1.39 bits per heavy atom. The number of aromatic nitrogens is 1. The molecular formula is C17H20N2O4. The van der Waals surface area contributed by atoms with Crippen molar-refractivity contribution < 1.29 is 19.4 Å². The number of hydrogen-bond acceptors (Lipinski definition) is 3. The van der Waals surface area contributed by atoms with E-state index in [2.05, 4.69) is 4.98 Å². The summed E-state index contributed by atoms with van der Waals surface area (Å²) in [6.45, 7) is 0.515. The average molecular weight is 316 g/mol. The van der Waals surface area contributed by atoms with Gasteiger partial charge in [-0.2, -0.15) is 0 Å². The molecular weight excluding hydrogens is 296 g/mol. The molecule has 1 fully saturated rings. The van der Waals surface area contributed by atoms with E-state index >= 15 is 0 Å². The number of rotatable bonds is 4. The number of aliphatic carboxylic acids is 1. The van der Waals surface area contributed by atoms with E-state index < -0.39 is 12.0 Å². The van der Waals surface area contributed by atoms with Crippen molar-refractivity contribution >= 4 is 22.8 Å². The highest BCUT2D eigenvalue weighted by atomic mass is 16.5. The number of carboxylic acid groups (broad SMARTS) is 1. The van der Waals surface area contributed by atoms with Gasteiger partial charge in [-0.05, 0) is 43.0 Å². The highest BCUT2D eigenvalue weighted by molar-refractivity contribution is 5.91. The molecule has 0 aliphatic carbocycles. The van der Waals surface area contributed by atoms with E-state index in [4.69, 9.17) is 4.74 Å². The van der Waals surface area contributed by atoms with Crippen molar-refractivity contribution in [3.05, 3.63) is 30.0 Å². The Hall–Kier alpha value is -2.50. The van der Waals surface area contributed by atoms with Crippen molar-refractivity contribution in [3.8, 4) is 5.75 Å². The molecule has 0 radical (unpaired) electrons. The highest BCUT2D eigenvalue weighted by Gasteiger charge is 2.31. The fraction of sp³-hybridized carbons (Fsp3) is 0.412. The van der Waals surface area contributed by atoms with E-state index in [1.165, 1.54) is 4.90 Å². The number of fused-ring (bicyclic) bond motifs is 1. The topological polar surface area (TPSA) is 82.6 Å². The molecule has 1 amide bonds. The predicted molar refractivity (Wildman–Crippen MR) is 85.5 cm³/mol. The van der Waals surface area contributed by atoms with Gasteiger partial charge in [0.15, 0.2) is 0 Å². The number of aromatic amines is 1. The summed E-state index contributed by atoms with van der Waals surface area (Å²) in [6.07, 6.45) is 4.24. The molecule has 1 aliphatic heterocycles. The van der Waals surface area contributed by atoms with Crippen LogP contribution in [0.5, 0.6) is 5.75 Å². The molecule has 6 nitrogen and oxygen atoms in total. The maximum Gasteiger partial charge on any atom is 0.326 e. The Bertz CT molecular complexity index is 737. The van der Waals surface area contributed by atoms with Gasteiger partial charge in [-0.1, -0.05) is 0 Å². The standard InChI is InChI=1S/C17H20N2O4/c1-23-12-5-6-14-13(9-12)11(10-18-14)8-16(20)19-7-3-2-4-15(19)17(21)22/h5-6,9-10,15,18H,2-4,7-8H2,1H3,(H,21,22)/t15-/m1/s1. The number of carboxylic acids is 1. The van der Waals surface area contributed by atoms with Crippen LogP contribution in [0.15, 0.2) is 24.4 Å². The third kappa shape index (κ3) is 3.02. The molecule has 23 heavy (non-hydrogen) atoms. The molecule has 0 spiro atoms. The minimum atomic E-state index is -0.918. The van der Waals surface area contributed by atoms with Crippen LogP contribution in [-0.2, 0) is 16.0 Å². The van der Waals surface area contributed by atoms with Gasteiger partial charge in [0.2, 0.25) is 5.91 Å². The van der Waals surface area contributed by atoms with Crippen LogP contribution in [-0.4, -0.2) is 46.6 Å². The number of ether oxygens (including phenoxy) is 1. The fourth-order valence-electron chi connectivity index (χ4n) is 3.18. The first kappa shape index (κ1) is 15.4. The van der Waals surface area contributed by atoms with Crippen molar-refractivity contribution in [1.82, 2.24) is 9.88 Å². The lowest BCUT2D eigenvalue weighted by atomic mass is 10.0.